The average Bonchev–Trinajstić information content (AvgIpc) is 2.77. The standard InChI is InChI=1S/C22H18ClF3N2O5S2/c1-34(30,31)18-9-7-17(8-10-18)28-21(29)15-4-2-14(3-5-15)13-27-35(32,33)20-12-16(22(24,25)26)6-11-19(20)23/h2-12,27H,13H2,1H3,(H,28,29). The quantitative estimate of drug-likeness (QED) is 0.454. The van der Waals surface area contributed by atoms with Crippen molar-refractivity contribution in [2.24, 2.45) is 0 Å². The summed E-state index contributed by atoms with van der Waals surface area (Å²) in [6.07, 6.45) is -3.67. The predicted octanol–water partition coefficient (Wildman–Crippen LogP) is 4.49. The van der Waals surface area contributed by atoms with Crippen LogP contribution >= 0.6 is 11.6 Å². The first kappa shape index (κ1) is 26.7. The van der Waals surface area contributed by atoms with Crippen LogP contribution in [0.25, 0.3) is 0 Å². The molecular weight excluding hydrogens is 529 g/mol. The molecule has 35 heavy (non-hydrogen) atoms. The Morgan fingerprint density at radius 1 is 0.914 bits per heavy atom. The van der Waals surface area contributed by atoms with Crippen molar-refractivity contribution < 1.29 is 34.8 Å². The lowest BCUT2D eigenvalue weighted by molar-refractivity contribution is -0.137. The van der Waals surface area contributed by atoms with Crippen LogP contribution in [0.3, 0.4) is 0 Å². The van der Waals surface area contributed by atoms with Gasteiger partial charge in [-0.05, 0) is 60.2 Å². The number of hydrogen-bond donors (Lipinski definition) is 2. The Hall–Kier alpha value is -2.93. The maximum absolute atomic E-state index is 12.9. The Morgan fingerprint density at radius 2 is 1.51 bits per heavy atom. The number of halogens is 4. The third-order valence-corrected chi connectivity index (χ3v) is 7.78. The zero-order chi connectivity index (χ0) is 26.0. The van der Waals surface area contributed by atoms with Gasteiger partial charge in [-0.1, -0.05) is 23.7 Å². The molecular formula is C22H18ClF3N2O5S2. The molecule has 3 aromatic rings. The van der Waals surface area contributed by atoms with Crippen molar-refractivity contribution in [1.29, 1.82) is 0 Å². The second-order valence-corrected chi connectivity index (χ2v) is 11.6. The molecule has 0 fully saturated rings. The van der Waals surface area contributed by atoms with Crippen molar-refractivity contribution in [2.75, 3.05) is 11.6 Å². The van der Waals surface area contributed by atoms with Crippen molar-refractivity contribution in [3.05, 3.63) is 88.4 Å². The van der Waals surface area contributed by atoms with Gasteiger partial charge in [-0.15, -0.1) is 0 Å². The number of carbonyl (C=O) groups is 1. The molecule has 2 N–H and O–H groups in total. The first-order valence-electron chi connectivity index (χ1n) is 9.74. The molecule has 7 nitrogen and oxygen atoms in total. The number of benzene rings is 3. The molecule has 0 aromatic heterocycles. The van der Waals surface area contributed by atoms with Gasteiger partial charge in [0.05, 0.1) is 15.5 Å². The summed E-state index contributed by atoms with van der Waals surface area (Å²) in [6, 6.07) is 13.4. The summed E-state index contributed by atoms with van der Waals surface area (Å²) in [5.41, 5.74) is -0.101. The second-order valence-electron chi connectivity index (χ2n) is 7.42. The number of hydrogen-bond acceptors (Lipinski definition) is 5. The van der Waals surface area contributed by atoms with Crippen LogP contribution in [-0.4, -0.2) is 29.0 Å². The summed E-state index contributed by atoms with van der Waals surface area (Å²) in [5.74, 6) is -0.486. The van der Waals surface area contributed by atoms with Crippen molar-refractivity contribution in [2.45, 2.75) is 22.5 Å². The van der Waals surface area contributed by atoms with E-state index in [1.807, 2.05) is 0 Å². The van der Waals surface area contributed by atoms with Gasteiger partial charge in [-0.25, -0.2) is 21.6 Å². The Kier molecular flexibility index (Phi) is 7.60. The molecule has 0 aliphatic carbocycles. The first-order valence-corrected chi connectivity index (χ1v) is 13.5. The van der Waals surface area contributed by atoms with Crippen LogP contribution in [0.1, 0.15) is 21.5 Å². The minimum absolute atomic E-state index is 0.105. The molecule has 186 valence electrons. The van der Waals surface area contributed by atoms with Gasteiger partial charge in [0.2, 0.25) is 10.0 Å². The zero-order valence-electron chi connectivity index (χ0n) is 17.9. The van der Waals surface area contributed by atoms with Crippen molar-refractivity contribution in [3.63, 3.8) is 0 Å². The lowest BCUT2D eigenvalue weighted by Gasteiger charge is -2.12. The molecule has 3 rings (SSSR count). The van der Waals surface area contributed by atoms with Crippen LogP contribution in [0, 0.1) is 0 Å². The Balaban J connectivity index is 1.67. The van der Waals surface area contributed by atoms with Gasteiger partial charge >= 0.3 is 6.18 Å². The number of nitrogens with one attached hydrogen (secondary N) is 2. The molecule has 0 aliphatic heterocycles. The fourth-order valence-corrected chi connectivity index (χ4v) is 5.08. The SMILES string of the molecule is CS(=O)(=O)c1ccc(NC(=O)c2ccc(CNS(=O)(=O)c3cc(C(F)(F)F)ccc3Cl)cc2)cc1. The van der Waals surface area contributed by atoms with E-state index < -0.39 is 42.4 Å². The number of sulfone groups is 1. The summed E-state index contributed by atoms with van der Waals surface area (Å²) >= 11 is 5.80. The molecule has 0 bridgehead atoms. The molecule has 13 heteroatoms. The third kappa shape index (κ3) is 6.82. The number of carbonyl (C=O) groups excluding carboxylic acids is 1. The highest BCUT2D eigenvalue weighted by Gasteiger charge is 2.32. The zero-order valence-corrected chi connectivity index (χ0v) is 20.3. The van der Waals surface area contributed by atoms with E-state index in [4.69, 9.17) is 11.6 Å². The second kappa shape index (κ2) is 9.97. The predicted molar refractivity (Wildman–Crippen MR) is 124 cm³/mol. The van der Waals surface area contributed by atoms with Crippen molar-refractivity contribution in [3.8, 4) is 0 Å². The minimum atomic E-state index is -4.74. The number of rotatable bonds is 7. The summed E-state index contributed by atoms with van der Waals surface area (Å²) in [6.45, 7) is -0.260. The topological polar surface area (TPSA) is 109 Å². The molecule has 0 atom stereocenters. The largest absolute Gasteiger partial charge is 0.416 e. The average molecular weight is 547 g/mol. The highest BCUT2D eigenvalue weighted by atomic mass is 35.5. The molecule has 1 amide bonds. The summed E-state index contributed by atoms with van der Waals surface area (Å²) in [4.78, 5) is 11.8. The summed E-state index contributed by atoms with van der Waals surface area (Å²) < 4.78 is 89.0. The first-order chi connectivity index (χ1) is 16.2. The number of anilines is 1. The van der Waals surface area contributed by atoms with Crippen LogP contribution in [0.4, 0.5) is 18.9 Å². The number of amides is 1. The number of alkyl halides is 3. The van der Waals surface area contributed by atoms with Crippen LogP contribution in [0.15, 0.2) is 76.5 Å². The molecule has 0 saturated heterocycles. The normalized spacial score (nSPS) is 12.4. The fraction of sp³-hybridized carbons (Fsp3) is 0.136. The van der Waals surface area contributed by atoms with Gasteiger partial charge in [0, 0.05) is 24.1 Å². The van der Waals surface area contributed by atoms with E-state index in [2.05, 4.69) is 10.0 Å². The Labute approximate surface area is 204 Å². The lowest BCUT2D eigenvalue weighted by Crippen LogP contribution is -2.24. The van der Waals surface area contributed by atoms with E-state index in [1.165, 1.54) is 48.5 Å². The highest BCUT2D eigenvalue weighted by molar-refractivity contribution is 7.90. The van der Waals surface area contributed by atoms with E-state index >= 15 is 0 Å². The van der Waals surface area contributed by atoms with E-state index in [0.717, 1.165) is 12.3 Å². The van der Waals surface area contributed by atoms with E-state index in [9.17, 15) is 34.8 Å². The Morgan fingerprint density at radius 3 is 2.06 bits per heavy atom. The van der Waals surface area contributed by atoms with E-state index in [0.29, 0.717) is 23.4 Å². The minimum Gasteiger partial charge on any atom is -0.322 e. The third-order valence-electron chi connectivity index (χ3n) is 4.77. The van der Waals surface area contributed by atoms with E-state index in [1.54, 1.807) is 0 Å². The maximum Gasteiger partial charge on any atom is 0.416 e. The molecule has 0 saturated carbocycles. The molecule has 0 unspecified atom stereocenters. The monoisotopic (exact) mass is 546 g/mol. The summed E-state index contributed by atoms with van der Waals surface area (Å²) in [7, 11) is -7.73. The van der Waals surface area contributed by atoms with Gasteiger partial charge in [0.1, 0.15) is 4.90 Å². The molecule has 0 heterocycles. The number of sulfonamides is 1. The van der Waals surface area contributed by atoms with Crippen LogP contribution in [-0.2, 0) is 32.6 Å². The van der Waals surface area contributed by atoms with Gasteiger partial charge in [0.15, 0.2) is 9.84 Å². The maximum atomic E-state index is 12.9. The molecule has 3 aromatic carbocycles. The molecule has 0 aliphatic rings. The highest BCUT2D eigenvalue weighted by Crippen LogP contribution is 2.33. The van der Waals surface area contributed by atoms with Crippen LogP contribution in [0.5, 0.6) is 0 Å². The van der Waals surface area contributed by atoms with Gasteiger partial charge in [-0.3, -0.25) is 4.79 Å². The molecule has 0 radical (unpaired) electrons. The van der Waals surface area contributed by atoms with Crippen LogP contribution in [0.2, 0.25) is 5.02 Å². The van der Waals surface area contributed by atoms with Gasteiger partial charge in [0.25, 0.3) is 5.91 Å². The van der Waals surface area contributed by atoms with E-state index in [-0.39, 0.29) is 22.0 Å². The van der Waals surface area contributed by atoms with Crippen molar-refractivity contribution in [1.82, 2.24) is 4.72 Å². The smallest absolute Gasteiger partial charge is 0.322 e. The van der Waals surface area contributed by atoms with Gasteiger partial charge in [-0.2, -0.15) is 13.2 Å². The van der Waals surface area contributed by atoms with Crippen molar-refractivity contribution >= 4 is 43.1 Å². The summed E-state index contributed by atoms with van der Waals surface area (Å²) in [5, 5.41) is 2.25. The van der Waals surface area contributed by atoms with Crippen LogP contribution < -0.4 is 10.0 Å². The fourth-order valence-electron chi connectivity index (χ4n) is 2.90. The Bertz CT molecular complexity index is 1460. The molecule has 0 spiro atoms. The lowest BCUT2D eigenvalue weighted by atomic mass is 10.1. The van der Waals surface area contributed by atoms with Gasteiger partial charge < -0.3 is 5.32 Å².